The highest BCUT2D eigenvalue weighted by Crippen LogP contribution is 2.48. The van der Waals surface area contributed by atoms with Crippen molar-refractivity contribution in [2.24, 2.45) is 0 Å². The Morgan fingerprint density at radius 1 is 1.18 bits per heavy atom. The van der Waals surface area contributed by atoms with Gasteiger partial charge in [-0.1, -0.05) is 0 Å². The fourth-order valence-electron chi connectivity index (χ4n) is 1.44. The zero-order valence-corrected chi connectivity index (χ0v) is 8.36. The van der Waals surface area contributed by atoms with Crippen LogP contribution >= 0.6 is 16.8 Å². The number of hydrogen-bond donors (Lipinski definition) is 2. The van der Waals surface area contributed by atoms with E-state index in [1.54, 1.807) is 0 Å². The van der Waals surface area contributed by atoms with Crippen molar-refractivity contribution >= 4 is 16.8 Å². The summed E-state index contributed by atoms with van der Waals surface area (Å²) in [5, 5.41) is 0. The van der Waals surface area contributed by atoms with Crippen LogP contribution in [0.2, 0.25) is 0 Å². The minimum atomic E-state index is -3.78. The zero-order valence-electron chi connectivity index (χ0n) is 6.31. The molecule has 0 saturated heterocycles. The van der Waals surface area contributed by atoms with Gasteiger partial charge in [-0.2, -0.15) is 0 Å². The Morgan fingerprint density at radius 2 is 1.64 bits per heavy atom. The smallest absolute Gasteiger partial charge is 0.324 e. The van der Waals surface area contributed by atoms with Gasteiger partial charge in [-0.3, -0.25) is 4.57 Å². The van der Waals surface area contributed by atoms with E-state index < -0.39 is 7.60 Å². The zero-order chi connectivity index (χ0) is 8.48. The minimum absolute atomic E-state index is 0.362. The van der Waals surface area contributed by atoms with Gasteiger partial charge < -0.3 is 9.79 Å². The van der Waals surface area contributed by atoms with E-state index in [2.05, 4.69) is 9.24 Å². The van der Waals surface area contributed by atoms with Gasteiger partial charge in [0.15, 0.2) is 0 Å². The van der Waals surface area contributed by atoms with Crippen LogP contribution in [0.3, 0.4) is 0 Å². The fraction of sp³-hybridized carbons (Fsp3) is 1.00. The molecule has 0 heterocycles. The molecule has 1 unspecified atom stereocenters. The summed E-state index contributed by atoms with van der Waals surface area (Å²) in [6, 6.07) is 0. The maximum atomic E-state index is 10.8. The van der Waals surface area contributed by atoms with Gasteiger partial charge in [-0.05, 0) is 31.3 Å². The van der Waals surface area contributed by atoms with E-state index in [4.69, 9.17) is 9.79 Å². The van der Waals surface area contributed by atoms with Crippen molar-refractivity contribution in [2.45, 2.75) is 37.0 Å². The Bertz CT molecular complexity index is 169. The van der Waals surface area contributed by atoms with Gasteiger partial charge in [0, 0.05) is 0 Å². The van der Waals surface area contributed by atoms with E-state index in [-0.39, 0.29) is 5.66 Å². The molecule has 1 aliphatic rings. The fourth-order valence-corrected chi connectivity index (χ4v) is 2.79. The SMILES string of the molecule is O=P(O)(O)C1CCC(P)CC1. The van der Waals surface area contributed by atoms with Crippen LogP contribution in [-0.4, -0.2) is 21.1 Å². The predicted molar refractivity (Wildman–Crippen MR) is 47.8 cm³/mol. The lowest BCUT2D eigenvalue weighted by Gasteiger charge is -2.26. The van der Waals surface area contributed by atoms with Crippen molar-refractivity contribution in [3.63, 3.8) is 0 Å². The van der Waals surface area contributed by atoms with Crippen molar-refractivity contribution in [3.8, 4) is 0 Å². The quantitative estimate of drug-likeness (QED) is 0.622. The van der Waals surface area contributed by atoms with Gasteiger partial charge in [0.25, 0.3) is 0 Å². The van der Waals surface area contributed by atoms with Crippen LogP contribution in [0.1, 0.15) is 25.7 Å². The normalized spacial score (nSPS) is 33.7. The molecule has 2 N–H and O–H groups in total. The maximum absolute atomic E-state index is 10.8. The van der Waals surface area contributed by atoms with Crippen molar-refractivity contribution < 1.29 is 14.4 Å². The second-order valence-electron chi connectivity index (χ2n) is 3.16. The molecule has 0 aromatic rings. The topological polar surface area (TPSA) is 57.5 Å². The van der Waals surface area contributed by atoms with Crippen LogP contribution in [-0.2, 0) is 4.57 Å². The molecular weight excluding hydrogens is 182 g/mol. The molecule has 3 nitrogen and oxygen atoms in total. The molecule has 66 valence electrons. The Morgan fingerprint density at radius 3 is 2.00 bits per heavy atom. The molecule has 1 atom stereocenters. The summed E-state index contributed by atoms with van der Waals surface area (Å²) in [5.74, 6) is 0. The van der Waals surface area contributed by atoms with E-state index in [0.717, 1.165) is 12.8 Å². The molecule has 1 rings (SSSR count). The third kappa shape index (κ3) is 2.83. The van der Waals surface area contributed by atoms with Gasteiger partial charge in [0.05, 0.1) is 5.66 Å². The average molecular weight is 196 g/mol. The molecule has 1 fully saturated rings. The Labute approximate surface area is 68.9 Å². The molecule has 1 saturated carbocycles. The van der Waals surface area contributed by atoms with E-state index in [1.807, 2.05) is 0 Å². The van der Waals surface area contributed by atoms with Crippen molar-refractivity contribution in [1.82, 2.24) is 0 Å². The Hall–Kier alpha value is 0.580. The largest absolute Gasteiger partial charge is 0.328 e. The van der Waals surface area contributed by atoms with E-state index >= 15 is 0 Å². The van der Waals surface area contributed by atoms with Crippen molar-refractivity contribution in [1.29, 1.82) is 0 Å². The summed E-state index contributed by atoms with van der Waals surface area (Å²) in [6.07, 6.45) is 3.22. The summed E-state index contributed by atoms with van der Waals surface area (Å²) in [7, 11) is -1.07. The Balaban J connectivity index is 2.46. The van der Waals surface area contributed by atoms with E-state index in [9.17, 15) is 4.57 Å². The Kier molecular flexibility index (Phi) is 3.10. The summed E-state index contributed by atoms with van der Waals surface area (Å²) < 4.78 is 10.8. The molecule has 1 aliphatic carbocycles. The molecule has 0 bridgehead atoms. The van der Waals surface area contributed by atoms with Crippen LogP contribution in [0.4, 0.5) is 0 Å². The second kappa shape index (κ2) is 3.53. The summed E-state index contributed by atoms with van der Waals surface area (Å²) in [6.45, 7) is 0. The summed E-state index contributed by atoms with van der Waals surface area (Å²) in [5.41, 5.74) is 0.206. The summed E-state index contributed by atoms with van der Waals surface area (Å²) >= 11 is 0. The van der Waals surface area contributed by atoms with Crippen molar-refractivity contribution in [2.75, 3.05) is 0 Å². The molecule has 0 aromatic heterocycles. The molecular formula is C6H14O3P2. The maximum Gasteiger partial charge on any atom is 0.328 e. The standard InChI is InChI=1S/C6H14O3P2/c7-11(8,9)6-3-1-5(10)2-4-6/h5-6H,1-4,10H2,(H2,7,8,9). The lowest BCUT2D eigenvalue weighted by Crippen LogP contribution is -2.18. The minimum Gasteiger partial charge on any atom is -0.324 e. The molecule has 0 radical (unpaired) electrons. The lowest BCUT2D eigenvalue weighted by molar-refractivity contribution is 0.338. The van der Waals surface area contributed by atoms with Crippen LogP contribution in [0, 0.1) is 0 Å². The predicted octanol–water partition coefficient (Wildman–Crippen LogP) is 1.35. The highest BCUT2D eigenvalue weighted by molar-refractivity contribution is 7.52. The average Bonchev–Trinajstić information content (AvgIpc) is 1.86. The molecule has 0 spiro atoms. The third-order valence-corrected chi connectivity index (χ3v) is 4.35. The first-order valence-corrected chi connectivity index (χ1v) is 6.16. The molecule has 0 aliphatic heterocycles. The molecule has 11 heavy (non-hydrogen) atoms. The molecule has 5 heteroatoms. The first-order valence-electron chi connectivity index (χ1n) is 3.81. The van der Waals surface area contributed by atoms with Gasteiger partial charge in [0.2, 0.25) is 0 Å². The van der Waals surface area contributed by atoms with Crippen LogP contribution in [0.15, 0.2) is 0 Å². The second-order valence-corrected chi connectivity index (χ2v) is 6.01. The number of rotatable bonds is 1. The van der Waals surface area contributed by atoms with Gasteiger partial charge in [0.1, 0.15) is 0 Å². The van der Waals surface area contributed by atoms with Crippen LogP contribution in [0.25, 0.3) is 0 Å². The van der Waals surface area contributed by atoms with Crippen LogP contribution in [0.5, 0.6) is 0 Å². The van der Waals surface area contributed by atoms with Crippen LogP contribution < -0.4 is 0 Å². The third-order valence-electron chi connectivity index (χ3n) is 2.22. The van der Waals surface area contributed by atoms with Gasteiger partial charge in [-0.15, -0.1) is 9.24 Å². The summed E-state index contributed by atoms with van der Waals surface area (Å²) in [4.78, 5) is 17.7. The highest BCUT2D eigenvalue weighted by atomic mass is 31.2. The lowest BCUT2D eigenvalue weighted by atomic mass is 10.00. The first kappa shape index (κ1) is 9.67. The number of hydrogen-bond acceptors (Lipinski definition) is 1. The van der Waals surface area contributed by atoms with Gasteiger partial charge >= 0.3 is 7.60 Å². The van der Waals surface area contributed by atoms with E-state index in [1.165, 1.54) is 0 Å². The monoisotopic (exact) mass is 196 g/mol. The van der Waals surface area contributed by atoms with Gasteiger partial charge in [-0.25, -0.2) is 0 Å². The van der Waals surface area contributed by atoms with E-state index in [0.29, 0.717) is 18.5 Å². The first-order chi connectivity index (χ1) is 5.00. The van der Waals surface area contributed by atoms with Crippen molar-refractivity contribution in [3.05, 3.63) is 0 Å². The molecule has 0 amide bonds. The molecule has 0 aromatic carbocycles. The highest BCUT2D eigenvalue weighted by Gasteiger charge is 2.31.